The van der Waals surface area contributed by atoms with Gasteiger partial charge in [-0.2, -0.15) is 0 Å². The van der Waals surface area contributed by atoms with Gasteiger partial charge in [0, 0.05) is 23.2 Å². The van der Waals surface area contributed by atoms with E-state index in [0.717, 1.165) is 29.6 Å². The van der Waals surface area contributed by atoms with Crippen molar-refractivity contribution in [2.24, 2.45) is 5.41 Å². The molecule has 1 amide bonds. The minimum absolute atomic E-state index is 0.121. The van der Waals surface area contributed by atoms with Gasteiger partial charge >= 0.3 is 0 Å². The van der Waals surface area contributed by atoms with Crippen molar-refractivity contribution in [2.45, 2.75) is 26.3 Å². The average molecular weight is 230 g/mol. The van der Waals surface area contributed by atoms with Crippen LogP contribution < -0.4 is 5.32 Å². The molecule has 0 atom stereocenters. The van der Waals surface area contributed by atoms with Crippen LogP contribution >= 0.6 is 0 Å². The Labute approximate surface area is 99.0 Å². The maximum absolute atomic E-state index is 11.8. The van der Waals surface area contributed by atoms with Crippen LogP contribution in [0.2, 0.25) is 0 Å². The minimum atomic E-state index is -0.131. The first-order chi connectivity index (χ1) is 8.17. The monoisotopic (exact) mass is 230 g/mol. The Kier molecular flexibility index (Phi) is 2.18. The third-order valence-electron chi connectivity index (χ3n) is 3.34. The highest BCUT2D eigenvalue weighted by atomic mass is 16.3. The van der Waals surface area contributed by atoms with Crippen LogP contribution in [0.25, 0.3) is 11.0 Å². The van der Waals surface area contributed by atoms with Crippen molar-refractivity contribution in [1.82, 2.24) is 10.3 Å². The second kappa shape index (κ2) is 3.58. The molecular weight excluding hydrogens is 216 g/mol. The molecule has 1 N–H and O–H groups in total. The van der Waals surface area contributed by atoms with Gasteiger partial charge in [0.15, 0.2) is 0 Å². The third kappa shape index (κ3) is 1.90. The molecule has 0 radical (unpaired) electrons. The van der Waals surface area contributed by atoms with Crippen molar-refractivity contribution in [3.8, 4) is 0 Å². The molecular formula is C13H14N2O2. The number of carbonyl (C=O) groups is 1. The molecule has 0 saturated heterocycles. The van der Waals surface area contributed by atoms with Crippen LogP contribution in [-0.4, -0.2) is 10.9 Å². The van der Waals surface area contributed by atoms with Crippen LogP contribution in [0.1, 0.15) is 25.5 Å². The molecule has 4 heteroatoms. The van der Waals surface area contributed by atoms with Gasteiger partial charge in [-0.25, -0.2) is 0 Å². The Morgan fingerprint density at radius 2 is 2.41 bits per heavy atom. The molecule has 0 unspecified atom stereocenters. The first kappa shape index (κ1) is 10.3. The van der Waals surface area contributed by atoms with Crippen molar-refractivity contribution in [2.75, 3.05) is 0 Å². The first-order valence-electron chi connectivity index (χ1n) is 5.78. The highest BCUT2D eigenvalue weighted by Crippen LogP contribution is 2.45. The van der Waals surface area contributed by atoms with Crippen molar-refractivity contribution in [3.05, 3.63) is 30.3 Å². The largest absolute Gasteiger partial charge is 0.459 e. The molecule has 2 aromatic heterocycles. The van der Waals surface area contributed by atoms with E-state index in [4.69, 9.17) is 4.42 Å². The molecule has 0 aromatic carbocycles. The highest BCUT2D eigenvalue weighted by molar-refractivity contribution is 5.84. The summed E-state index contributed by atoms with van der Waals surface area (Å²) >= 11 is 0. The van der Waals surface area contributed by atoms with Gasteiger partial charge in [0.05, 0.1) is 6.54 Å². The lowest BCUT2D eigenvalue weighted by atomic mass is 10.1. The van der Waals surface area contributed by atoms with Gasteiger partial charge in [-0.05, 0) is 25.0 Å². The first-order valence-corrected chi connectivity index (χ1v) is 5.78. The number of hydrogen-bond acceptors (Lipinski definition) is 3. The lowest BCUT2D eigenvalue weighted by Gasteiger charge is -2.07. The van der Waals surface area contributed by atoms with Crippen molar-refractivity contribution in [3.63, 3.8) is 0 Å². The molecule has 0 bridgehead atoms. The number of rotatable bonds is 3. The van der Waals surface area contributed by atoms with E-state index >= 15 is 0 Å². The summed E-state index contributed by atoms with van der Waals surface area (Å²) < 4.78 is 5.60. The van der Waals surface area contributed by atoms with Crippen molar-refractivity contribution >= 4 is 16.9 Å². The summed E-state index contributed by atoms with van der Waals surface area (Å²) in [6, 6.07) is 3.74. The fourth-order valence-corrected chi connectivity index (χ4v) is 1.82. The van der Waals surface area contributed by atoms with Crippen LogP contribution in [0.3, 0.4) is 0 Å². The molecule has 1 aliphatic rings. The van der Waals surface area contributed by atoms with E-state index in [0.29, 0.717) is 6.54 Å². The quantitative estimate of drug-likeness (QED) is 0.879. The van der Waals surface area contributed by atoms with E-state index in [-0.39, 0.29) is 11.3 Å². The zero-order chi connectivity index (χ0) is 11.9. The number of pyridine rings is 1. The molecule has 2 heterocycles. The standard InChI is InChI=1S/C13H14N2O2/c1-13(3-4-13)12(16)15-8-10-6-9-7-14-5-2-11(9)17-10/h2,5-7H,3-4,8H2,1H3,(H,15,16). The SMILES string of the molecule is CC1(C(=O)NCc2cc3cnccc3o2)CC1. The van der Waals surface area contributed by atoms with Gasteiger partial charge < -0.3 is 9.73 Å². The number of fused-ring (bicyclic) bond motifs is 1. The number of carbonyl (C=O) groups excluding carboxylic acids is 1. The van der Waals surface area contributed by atoms with E-state index < -0.39 is 0 Å². The van der Waals surface area contributed by atoms with Gasteiger partial charge in [-0.15, -0.1) is 0 Å². The predicted octanol–water partition coefficient (Wildman–Crippen LogP) is 2.24. The maximum Gasteiger partial charge on any atom is 0.226 e. The van der Waals surface area contributed by atoms with Gasteiger partial charge in [-0.3, -0.25) is 9.78 Å². The normalized spacial score (nSPS) is 17.0. The highest BCUT2D eigenvalue weighted by Gasteiger charge is 2.44. The summed E-state index contributed by atoms with van der Waals surface area (Å²) in [5.74, 6) is 0.890. The van der Waals surface area contributed by atoms with Crippen molar-refractivity contribution in [1.29, 1.82) is 0 Å². The summed E-state index contributed by atoms with van der Waals surface area (Å²) in [4.78, 5) is 15.8. The summed E-state index contributed by atoms with van der Waals surface area (Å²) in [6.07, 6.45) is 5.43. The summed E-state index contributed by atoms with van der Waals surface area (Å²) in [5, 5.41) is 3.88. The smallest absolute Gasteiger partial charge is 0.226 e. The summed E-state index contributed by atoms with van der Waals surface area (Å²) in [6.45, 7) is 2.44. The molecule has 0 spiro atoms. The number of amides is 1. The number of nitrogens with one attached hydrogen (secondary N) is 1. The van der Waals surface area contributed by atoms with Crippen LogP contribution in [0, 0.1) is 5.41 Å². The molecule has 2 aromatic rings. The Bertz CT molecular complexity index is 537. The summed E-state index contributed by atoms with van der Waals surface area (Å²) in [5.41, 5.74) is 0.676. The Balaban J connectivity index is 1.70. The topological polar surface area (TPSA) is 55.1 Å². The van der Waals surface area contributed by atoms with Crippen LogP contribution in [0.15, 0.2) is 28.9 Å². The molecule has 1 aliphatic carbocycles. The Hall–Kier alpha value is -1.84. The van der Waals surface area contributed by atoms with Gasteiger partial charge in [0.25, 0.3) is 0 Å². The van der Waals surface area contributed by atoms with E-state index in [1.807, 2.05) is 19.1 Å². The molecule has 1 saturated carbocycles. The van der Waals surface area contributed by atoms with Crippen molar-refractivity contribution < 1.29 is 9.21 Å². The van der Waals surface area contributed by atoms with E-state index in [1.165, 1.54) is 0 Å². The predicted molar refractivity (Wildman–Crippen MR) is 63.2 cm³/mol. The maximum atomic E-state index is 11.8. The summed E-state index contributed by atoms with van der Waals surface area (Å²) in [7, 11) is 0. The lowest BCUT2D eigenvalue weighted by Crippen LogP contribution is -2.29. The molecule has 3 rings (SSSR count). The Morgan fingerprint density at radius 1 is 1.59 bits per heavy atom. The second-order valence-corrected chi connectivity index (χ2v) is 4.87. The second-order valence-electron chi connectivity index (χ2n) is 4.87. The van der Waals surface area contributed by atoms with Gasteiger partial charge in [-0.1, -0.05) is 6.92 Å². The van der Waals surface area contributed by atoms with Crippen LogP contribution in [0.4, 0.5) is 0 Å². The number of hydrogen-bond donors (Lipinski definition) is 1. The zero-order valence-corrected chi connectivity index (χ0v) is 9.69. The molecule has 17 heavy (non-hydrogen) atoms. The van der Waals surface area contributed by atoms with E-state index in [9.17, 15) is 4.79 Å². The lowest BCUT2D eigenvalue weighted by molar-refractivity contribution is -0.125. The average Bonchev–Trinajstić information content (AvgIpc) is 2.95. The molecule has 4 nitrogen and oxygen atoms in total. The number of aromatic nitrogens is 1. The van der Waals surface area contributed by atoms with Gasteiger partial charge in [0.1, 0.15) is 11.3 Å². The fraction of sp³-hybridized carbons (Fsp3) is 0.385. The van der Waals surface area contributed by atoms with E-state index in [2.05, 4.69) is 10.3 Å². The molecule has 0 aliphatic heterocycles. The third-order valence-corrected chi connectivity index (χ3v) is 3.34. The Morgan fingerprint density at radius 3 is 3.12 bits per heavy atom. The fourth-order valence-electron chi connectivity index (χ4n) is 1.82. The van der Waals surface area contributed by atoms with Crippen LogP contribution in [-0.2, 0) is 11.3 Å². The number of nitrogens with zero attached hydrogens (tertiary/aromatic N) is 1. The minimum Gasteiger partial charge on any atom is -0.459 e. The molecule has 88 valence electrons. The zero-order valence-electron chi connectivity index (χ0n) is 9.69. The molecule has 1 fully saturated rings. The van der Waals surface area contributed by atoms with Gasteiger partial charge in [0.2, 0.25) is 5.91 Å². The van der Waals surface area contributed by atoms with E-state index in [1.54, 1.807) is 12.4 Å². The number of furan rings is 1. The van der Waals surface area contributed by atoms with Crippen LogP contribution in [0.5, 0.6) is 0 Å².